The largest absolute Gasteiger partial charge is 0.480 e. The molecule has 0 aliphatic carbocycles. The van der Waals surface area contributed by atoms with Gasteiger partial charge in [-0.25, -0.2) is 4.79 Å². The predicted molar refractivity (Wildman–Crippen MR) is 67.6 cm³/mol. The third-order valence-corrected chi connectivity index (χ3v) is 2.59. The van der Waals surface area contributed by atoms with Gasteiger partial charge in [0.15, 0.2) is 0 Å². The van der Waals surface area contributed by atoms with Gasteiger partial charge in [-0.3, -0.25) is 19.7 Å². The molecule has 0 spiro atoms. The van der Waals surface area contributed by atoms with E-state index in [0.29, 0.717) is 0 Å². The molecule has 0 aliphatic rings. The summed E-state index contributed by atoms with van der Waals surface area (Å²) in [5.74, 6) is -2.75. The minimum Gasteiger partial charge on any atom is -0.480 e. The third-order valence-electron chi connectivity index (χ3n) is 2.59. The van der Waals surface area contributed by atoms with Gasteiger partial charge in [0, 0.05) is 12.5 Å². The van der Waals surface area contributed by atoms with Crippen LogP contribution in [-0.4, -0.2) is 46.0 Å². The fourth-order valence-electron chi connectivity index (χ4n) is 1.48. The SMILES string of the molecule is COC(=O)CC[C@H](NC(=O)c1cc([N+](=O)[O-])c[nH]1)C(=O)O. The van der Waals surface area contributed by atoms with Gasteiger partial charge < -0.3 is 20.1 Å². The summed E-state index contributed by atoms with van der Waals surface area (Å²) in [6, 6.07) is -0.326. The number of aliphatic carboxylic acids is 1. The fourth-order valence-corrected chi connectivity index (χ4v) is 1.48. The van der Waals surface area contributed by atoms with Gasteiger partial charge >= 0.3 is 11.9 Å². The lowest BCUT2D eigenvalue weighted by Crippen LogP contribution is -2.41. The second-order valence-electron chi connectivity index (χ2n) is 4.01. The summed E-state index contributed by atoms with van der Waals surface area (Å²) >= 11 is 0. The second kappa shape index (κ2) is 7.03. The van der Waals surface area contributed by atoms with Gasteiger partial charge in [-0.2, -0.15) is 0 Å². The van der Waals surface area contributed by atoms with E-state index in [4.69, 9.17) is 5.11 Å². The van der Waals surface area contributed by atoms with Crippen LogP contribution in [0.5, 0.6) is 0 Å². The topological polar surface area (TPSA) is 152 Å². The molecule has 0 saturated heterocycles. The molecule has 10 heteroatoms. The van der Waals surface area contributed by atoms with Gasteiger partial charge in [-0.1, -0.05) is 0 Å². The molecule has 114 valence electrons. The number of methoxy groups -OCH3 is 1. The van der Waals surface area contributed by atoms with Gasteiger partial charge in [-0.15, -0.1) is 0 Å². The summed E-state index contributed by atoms with van der Waals surface area (Å²) in [6.07, 6.45) is 0.675. The Hall–Kier alpha value is -2.91. The van der Waals surface area contributed by atoms with E-state index < -0.39 is 28.8 Å². The number of carboxylic acids is 1. The first-order valence-electron chi connectivity index (χ1n) is 5.78. The van der Waals surface area contributed by atoms with Crippen LogP contribution >= 0.6 is 0 Å². The fraction of sp³-hybridized carbons (Fsp3) is 0.364. The van der Waals surface area contributed by atoms with Crippen molar-refractivity contribution in [1.82, 2.24) is 10.3 Å². The number of carbonyl (C=O) groups excluding carboxylic acids is 2. The minimum absolute atomic E-state index is 0.147. The number of hydrogen-bond donors (Lipinski definition) is 3. The lowest BCUT2D eigenvalue weighted by molar-refractivity contribution is -0.384. The first-order valence-corrected chi connectivity index (χ1v) is 5.78. The van der Waals surface area contributed by atoms with Crippen LogP contribution in [0.15, 0.2) is 12.3 Å². The Morgan fingerprint density at radius 3 is 2.67 bits per heavy atom. The highest BCUT2D eigenvalue weighted by Crippen LogP contribution is 2.12. The Labute approximate surface area is 118 Å². The van der Waals surface area contributed by atoms with Crippen molar-refractivity contribution in [2.75, 3.05) is 7.11 Å². The molecule has 1 aromatic heterocycles. The number of rotatable bonds is 7. The van der Waals surface area contributed by atoms with Crippen molar-refractivity contribution in [2.45, 2.75) is 18.9 Å². The number of H-pyrrole nitrogens is 1. The number of amides is 1. The van der Waals surface area contributed by atoms with Crippen molar-refractivity contribution in [1.29, 1.82) is 0 Å². The van der Waals surface area contributed by atoms with Crippen LogP contribution in [0.4, 0.5) is 5.69 Å². The van der Waals surface area contributed by atoms with E-state index in [2.05, 4.69) is 15.0 Å². The van der Waals surface area contributed by atoms with E-state index in [-0.39, 0.29) is 24.2 Å². The van der Waals surface area contributed by atoms with Crippen LogP contribution in [0, 0.1) is 10.1 Å². The summed E-state index contributed by atoms with van der Waals surface area (Å²) in [7, 11) is 1.16. The van der Waals surface area contributed by atoms with E-state index in [0.717, 1.165) is 19.4 Å². The Morgan fingerprint density at radius 2 is 2.19 bits per heavy atom. The standard InChI is InChI=1S/C11H13N3O7/c1-21-9(15)3-2-7(11(17)18)13-10(16)8-4-6(5-12-8)14(19)20/h4-5,7,12H,2-3H2,1H3,(H,13,16)(H,17,18)/t7-/m0/s1. The number of aromatic nitrogens is 1. The molecule has 1 heterocycles. The molecule has 21 heavy (non-hydrogen) atoms. The maximum Gasteiger partial charge on any atom is 0.326 e. The highest BCUT2D eigenvalue weighted by Gasteiger charge is 2.23. The van der Waals surface area contributed by atoms with Crippen LogP contribution in [0.2, 0.25) is 0 Å². The average Bonchev–Trinajstić information content (AvgIpc) is 2.92. The maximum atomic E-state index is 11.8. The molecule has 10 nitrogen and oxygen atoms in total. The van der Waals surface area contributed by atoms with Crippen LogP contribution in [0.25, 0.3) is 0 Å². The van der Waals surface area contributed by atoms with Gasteiger partial charge in [0.2, 0.25) is 0 Å². The lowest BCUT2D eigenvalue weighted by Gasteiger charge is -2.13. The normalized spacial score (nSPS) is 11.5. The molecule has 0 unspecified atom stereocenters. The molecular weight excluding hydrogens is 286 g/mol. The molecule has 0 saturated carbocycles. The Bertz CT molecular complexity index is 566. The van der Waals surface area contributed by atoms with Crippen LogP contribution in [0.1, 0.15) is 23.3 Å². The van der Waals surface area contributed by atoms with E-state index >= 15 is 0 Å². The maximum absolute atomic E-state index is 11.8. The zero-order valence-corrected chi connectivity index (χ0v) is 11.0. The number of ether oxygens (including phenoxy) is 1. The van der Waals surface area contributed by atoms with E-state index in [1.807, 2.05) is 0 Å². The average molecular weight is 299 g/mol. The number of nitro groups is 1. The van der Waals surface area contributed by atoms with Gasteiger partial charge in [0.1, 0.15) is 11.7 Å². The molecule has 1 aromatic rings. The Kier molecular flexibility index (Phi) is 5.40. The molecule has 1 amide bonds. The zero-order chi connectivity index (χ0) is 16.0. The number of nitrogens with zero attached hydrogens (tertiary/aromatic N) is 1. The monoisotopic (exact) mass is 299 g/mol. The molecule has 0 aromatic carbocycles. The second-order valence-corrected chi connectivity index (χ2v) is 4.01. The number of carboxylic acid groups (broad SMARTS) is 1. The zero-order valence-electron chi connectivity index (χ0n) is 11.0. The van der Waals surface area contributed by atoms with Gasteiger partial charge in [0.05, 0.1) is 18.2 Å². The number of aromatic amines is 1. The van der Waals surface area contributed by atoms with Crippen molar-refractivity contribution in [3.8, 4) is 0 Å². The van der Waals surface area contributed by atoms with E-state index in [1.54, 1.807) is 0 Å². The highest BCUT2D eigenvalue weighted by atomic mass is 16.6. The lowest BCUT2D eigenvalue weighted by atomic mass is 10.1. The molecule has 1 rings (SSSR count). The summed E-state index contributed by atoms with van der Waals surface area (Å²) in [4.78, 5) is 45.9. The van der Waals surface area contributed by atoms with Crippen molar-refractivity contribution in [3.63, 3.8) is 0 Å². The Morgan fingerprint density at radius 1 is 1.52 bits per heavy atom. The van der Waals surface area contributed by atoms with Crippen LogP contribution in [-0.2, 0) is 14.3 Å². The minimum atomic E-state index is -1.33. The van der Waals surface area contributed by atoms with Gasteiger partial charge in [-0.05, 0) is 6.42 Å². The summed E-state index contributed by atoms with van der Waals surface area (Å²) in [5.41, 5.74) is -0.465. The smallest absolute Gasteiger partial charge is 0.326 e. The van der Waals surface area contributed by atoms with Crippen molar-refractivity contribution < 1.29 is 29.2 Å². The molecule has 0 fully saturated rings. The van der Waals surface area contributed by atoms with Crippen molar-refractivity contribution in [2.24, 2.45) is 0 Å². The van der Waals surface area contributed by atoms with Crippen LogP contribution in [0.3, 0.4) is 0 Å². The van der Waals surface area contributed by atoms with Crippen LogP contribution < -0.4 is 5.32 Å². The quantitative estimate of drug-likeness (QED) is 0.365. The summed E-state index contributed by atoms with van der Waals surface area (Å²) in [5, 5.41) is 21.6. The number of carbonyl (C=O) groups is 3. The molecular formula is C11H13N3O7. The highest BCUT2D eigenvalue weighted by molar-refractivity contribution is 5.95. The molecule has 0 aliphatic heterocycles. The van der Waals surface area contributed by atoms with Crippen molar-refractivity contribution in [3.05, 3.63) is 28.1 Å². The summed E-state index contributed by atoms with van der Waals surface area (Å²) < 4.78 is 4.37. The molecule has 0 radical (unpaired) electrons. The molecule has 1 atom stereocenters. The van der Waals surface area contributed by atoms with E-state index in [1.165, 1.54) is 0 Å². The Balaban J connectivity index is 2.69. The molecule has 0 bridgehead atoms. The predicted octanol–water partition coefficient (Wildman–Crippen LogP) is 0.0591. The first-order chi connectivity index (χ1) is 9.85. The summed E-state index contributed by atoms with van der Waals surface area (Å²) in [6.45, 7) is 0. The number of esters is 1. The van der Waals surface area contributed by atoms with Gasteiger partial charge in [0.25, 0.3) is 11.6 Å². The number of nitrogens with one attached hydrogen (secondary N) is 2. The van der Waals surface area contributed by atoms with E-state index in [9.17, 15) is 24.5 Å². The first kappa shape index (κ1) is 16.1. The third kappa shape index (κ3) is 4.60. The number of hydrogen-bond acceptors (Lipinski definition) is 6. The van der Waals surface area contributed by atoms with Crippen molar-refractivity contribution >= 4 is 23.5 Å². The molecule has 3 N–H and O–H groups in total.